The van der Waals surface area contributed by atoms with Crippen LogP contribution in [0, 0.1) is 0 Å². The first kappa shape index (κ1) is 17.0. The number of hydrogen-bond acceptors (Lipinski definition) is 6. The topological polar surface area (TPSA) is 57.6 Å². The predicted octanol–water partition coefficient (Wildman–Crippen LogP) is 2.46. The number of aliphatic imine (C=N–C) groups is 1. The molecule has 3 rings (SSSR count). The van der Waals surface area contributed by atoms with Crippen molar-refractivity contribution in [2.75, 3.05) is 26.7 Å². The number of rotatable bonds is 5. The van der Waals surface area contributed by atoms with Crippen LogP contribution >= 0.6 is 11.3 Å². The van der Waals surface area contributed by atoms with Crippen molar-refractivity contribution in [3.05, 3.63) is 33.9 Å². The third-order valence-corrected chi connectivity index (χ3v) is 5.21. The Kier molecular flexibility index (Phi) is 5.52. The number of aromatic nitrogens is 1. The third-order valence-electron chi connectivity index (χ3n) is 4.14. The first-order chi connectivity index (χ1) is 11.7. The Morgan fingerprint density at radius 1 is 1.54 bits per heavy atom. The van der Waals surface area contributed by atoms with Gasteiger partial charge in [-0.05, 0) is 13.5 Å². The molecule has 0 spiro atoms. The molecular weight excluding hydrogens is 327 g/mol. The minimum atomic E-state index is -0.757. The normalized spacial score (nSPS) is 20.8. The number of carbonyl (C=O) groups is 1. The molecule has 0 aliphatic carbocycles. The molecule has 2 aliphatic rings. The Balaban J connectivity index is 1.81. The van der Waals surface area contributed by atoms with Gasteiger partial charge in [0.05, 0.1) is 17.1 Å². The molecule has 0 amide bonds. The Morgan fingerprint density at radius 3 is 3.12 bits per heavy atom. The second-order valence-electron chi connectivity index (χ2n) is 5.87. The van der Waals surface area contributed by atoms with Gasteiger partial charge < -0.3 is 10.2 Å². The number of amidine groups is 1. The summed E-state index contributed by atoms with van der Waals surface area (Å²) in [7, 11) is 1.88. The Hall–Kier alpha value is -1.86. The molecule has 24 heavy (non-hydrogen) atoms. The van der Waals surface area contributed by atoms with Gasteiger partial charge in [0.25, 0.3) is 0 Å². The Labute approximate surface area is 145 Å². The lowest BCUT2D eigenvalue weighted by atomic mass is 10.2. The number of halogens is 1. The highest BCUT2D eigenvalue weighted by Gasteiger charge is 2.24. The molecule has 3 heterocycles. The van der Waals surface area contributed by atoms with Crippen molar-refractivity contribution >= 4 is 29.0 Å². The van der Waals surface area contributed by atoms with E-state index in [1.165, 1.54) is 11.3 Å². The Morgan fingerprint density at radius 2 is 2.42 bits per heavy atom. The second kappa shape index (κ2) is 7.81. The monoisotopic (exact) mass is 348 g/mol. The van der Waals surface area contributed by atoms with E-state index >= 15 is 0 Å². The van der Waals surface area contributed by atoms with Crippen LogP contribution in [0.4, 0.5) is 4.39 Å². The molecular formula is C17H21FN4OS. The van der Waals surface area contributed by atoms with Crippen molar-refractivity contribution in [1.29, 1.82) is 0 Å². The molecule has 1 saturated heterocycles. The van der Waals surface area contributed by atoms with E-state index in [1.807, 2.05) is 24.1 Å². The van der Waals surface area contributed by atoms with E-state index in [0.717, 1.165) is 47.9 Å². The van der Waals surface area contributed by atoms with Crippen LogP contribution in [0.5, 0.6) is 0 Å². The molecule has 0 aromatic carbocycles. The van der Waals surface area contributed by atoms with Gasteiger partial charge in [-0.3, -0.25) is 4.79 Å². The van der Waals surface area contributed by atoms with Gasteiger partial charge in [-0.15, -0.1) is 11.3 Å². The molecule has 1 aromatic rings. The fourth-order valence-corrected chi connectivity index (χ4v) is 3.74. The first-order valence-electron chi connectivity index (χ1n) is 8.13. The molecule has 0 saturated carbocycles. The number of carbonyl (C=O) groups excluding carboxylic acids is 1. The molecule has 0 radical (unpaired) electrons. The van der Waals surface area contributed by atoms with Crippen LogP contribution in [-0.4, -0.2) is 54.9 Å². The lowest BCUT2D eigenvalue weighted by Gasteiger charge is -2.17. The van der Waals surface area contributed by atoms with Gasteiger partial charge in [0.15, 0.2) is 6.29 Å². The van der Waals surface area contributed by atoms with Crippen molar-refractivity contribution in [3.63, 3.8) is 0 Å². The summed E-state index contributed by atoms with van der Waals surface area (Å²) in [6, 6.07) is 0. The van der Waals surface area contributed by atoms with E-state index in [9.17, 15) is 9.18 Å². The van der Waals surface area contributed by atoms with Crippen molar-refractivity contribution < 1.29 is 9.18 Å². The standard InChI is InChI=1S/C17H21FN4OS/c1-19-7-5-14-15(11-23)24-17(21-14)12-3-2-4-16(20-9-12)22-8-6-13(18)10-22/h2-3,9,11,13,19H,4-8,10H2,1H3. The smallest absolute Gasteiger partial charge is 0.161 e. The summed E-state index contributed by atoms with van der Waals surface area (Å²) in [6.45, 7) is 1.93. The van der Waals surface area contributed by atoms with E-state index in [1.54, 1.807) is 6.20 Å². The number of likely N-dealkylation sites (tertiary alicyclic amines) is 1. The zero-order chi connectivity index (χ0) is 16.9. The summed E-state index contributed by atoms with van der Waals surface area (Å²) in [4.78, 5) is 23.1. The largest absolute Gasteiger partial charge is 0.357 e. The van der Waals surface area contributed by atoms with Crippen LogP contribution in [0.15, 0.2) is 23.3 Å². The van der Waals surface area contributed by atoms with E-state index in [-0.39, 0.29) is 0 Å². The highest BCUT2D eigenvalue weighted by molar-refractivity contribution is 7.14. The summed E-state index contributed by atoms with van der Waals surface area (Å²) in [6.07, 6.45) is 7.87. The van der Waals surface area contributed by atoms with Crippen LogP contribution in [0.3, 0.4) is 0 Å². The number of nitrogens with zero attached hydrogens (tertiary/aromatic N) is 3. The highest BCUT2D eigenvalue weighted by Crippen LogP contribution is 2.27. The van der Waals surface area contributed by atoms with E-state index in [4.69, 9.17) is 0 Å². The molecule has 5 nitrogen and oxygen atoms in total. The third kappa shape index (κ3) is 3.79. The van der Waals surface area contributed by atoms with Gasteiger partial charge in [-0.25, -0.2) is 14.4 Å². The molecule has 1 N–H and O–H groups in total. The highest BCUT2D eigenvalue weighted by atomic mass is 32.1. The van der Waals surface area contributed by atoms with Crippen LogP contribution in [-0.2, 0) is 6.42 Å². The average molecular weight is 348 g/mol. The van der Waals surface area contributed by atoms with Crippen LogP contribution in [0.1, 0.15) is 33.2 Å². The maximum absolute atomic E-state index is 13.4. The number of nitrogens with one attached hydrogen (secondary N) is 1. The minimum Gasteiger partial charge on any atom is -0.357 e. The van der Waals surface area contributed by atoms with Gasteiger partial charge in [0.1, 0.15) is 17.0 Å². The summed E-state index contributed by atoms with van der Waals surface area (Å²) in [5.41, 5.74) is 1.71. The average Bonchev–Trinajstić information content (AvgIpc) is 3.12. The fraction of sp³-hybridized carbons (Fsp3) is 0.471. The molecule has 2 aliphatic heterocycles. The van der Waals surface area contributed by atoms with Gasteiger partial charge >= 0.3 is 0 Å². The summed E-state index contributed by atoms with van der Waals surface area (Å²) in [5.74, 6) is 0.893. The summed E-state index contributed by atoms with van der Waals surface area (Å²) < 4.78 is 13.4. The number of thiazole rings is 1. The van der Waals surface area contributed by atoms with Crippen molar-refractivity contribution in [2.45, 2.75) is 25.4 Å². The zero-order valence-corrected chi connectivity index (χ0v) is 14.5. The molecule has 1 aromatic heterocycles. The van der Waals surface area contributed by atoms with Gasteiger partial charge in [0, 0.05) is 37.7 Å². The number of alkyl halides is 1. The van der Waals surface area contributed by atoms with E-state index in [2.05, 4.69) is 15.3 Å². The lowest BCUT2D eigenvalue weighted by Crippen LogP contribution is -2.28. The quantitative estimate of drug-likeness (QED) is 0.831. The molecule has 1 fully saturated rings. The SMILES string of the molecule is CNCCc1nc(C2=CN=C(N3CCC(F)C3)CC=C2)sc1C=O. The number of allylic oxidation sites excluding steroid dienone is 2. The van der Waals surface area contributed by atoms with Gasteiger partial charge in [-0.1, -0.05) is 12.2 Å². The number of likely N-dealkylation sites (N-methyl/N-ethyl adjacent to an activating group) is 1. The maximum Gasteiger partial charge on any atom is 0.161 e. The number of hydrogen-bond donors (Lipinski definition) is 1. The van der Waals surface area contributed by atoms with Gasteiger partial charge in [-0.2, -0.15) is 0 Å². The maximum atomic E-state index is 13.4. The van der Waals surface area contributed by atoms with Gasteiger partial charge in [0.2, 0.25) is 0 Å². The predicted molar refractivity (Wildman–Crippen MR) is 95.4 cm³/mol. The lowest BCUT2D eigenvalue weighted by molar-refractivity contribution is 0.112. The summed E-state index contributed by atoms with van der Waals surface area (Å²) >= 11 is 1.39. The van der Waals surface area contributed by atoms with E-state index < -0.39 is 6.17 Å². The van der Waals surface area contributed by atoms with Crippen LogP contribution in [0.25, 0.3) is 5.57 Å². The zero-order valence-electron chi connectivity index (χ0n) is 13.7. The van der Waals surface area contributed by atoms with E-state index in [0.29, 0.717) is 24.3 Å². The second-order valence-corrected chi connectivity index (χ2v) is 6.90. The van der Waals surface area contributed by atoms with Crippen LogP contribution < -0.4 is 5.32 Å². The van der Waals surface area contributed by atoms with Crippen molar-refractivity contribution in [3.8, 4) is 0 Å². The fourth-order valence-electron chi connectivity index (χ4n) is 2.82. The van der Waals surface area contributed by atoms with Crippen molar-refractivity contribution in [2.24, 2.45) is 4.99 Å². The number of aldehydes is 1. The molecule has 128 valence electrons. The minimum absolute atomic E-state index is 0.427. The molecule has 0 bridgehead atoms. The van der Waals surface area contributed by atoms with Crippen LogP contribution in [0.2, 0.25) is 0 Å². The first-order valence-corrected chi connectivity index (χ1v) is 8.95. The Bertz CT molecular complexity index is 695. The molecule has 7 heteroatoms. The molecule has 1 unspecified atom stereocenters. The molecule has 1 atom stereocenters. The summed E-state index contributed by atoms with van der Waals surface area (Å²) in [5, 5.41) is 3.87. The van der Waals surface area contributed by atoms with Crippen molar-refractivity contribution in [1.82, 2.24) is 15.2 Å².